The van der Waals surface area contributed by atoms with Crippen molar-refractivity contribution in [1.82, 2.24) is 0 Å². The van der Waals surface area contributed by atoms with Crippen LogP contribution in [0.5, 0.6) is 0 Å². The summed E-state index contributed by atoms with van der Waals surface area (Å²) in [6, 6.07) is 0. The maximum absolute atomic E-state index is 10.0. The zero-order valence-corrected chi connectivity index (χ0v) is 5.89. The van der Waals surface area contributed by atoms with Gasteiger partial charge in [-0.25, -0.2) is 8.42 Å². The van der Waals surface area contributed by atoms with Gasteiger partial charge in [0.2, 0.25) is 0 Å². The second-order valence-electron chi connectivity index (χ2n) is 1.40. The number of hydrogen-bond acceptors (Lipinski definition) is 4. The molecule has 0 atom stereocenters. The molecule has 0 spiro atoms. The fourth-order valence-electron chi connectivity index (χ4n) is 0.264. The summed E-state index contributed by atoms with van der Waals surface area (Å²) in [6.45, 7) is 1.20. The maximum atomic E-state index is 10.0. The van der Waals surface area contributed by atoms with Crippen LogP contribution in [0.3, 0.4) is 0 Å². The Bertz CT molecular complexity index is 152. The molecular formula is C4H8O4S. The summed E-state index contributed by atoms with van der Waals surface area (Å²) in [5, 5.41) is 0. The maximum Gasteiger partial charge on any atom is 0.302 e. The van der Waals surface area contributed by atoms with Crippen molar-refractivity contribution in [3.8, 4) is 0 Å². The highest BCUT2D eigenvalue weighted by atomic mass is 32.2. The van der Waals surface area contributed by atoms with E-state index in [-0.39, 0.29) is 12.4 Å². The van der Waals surface area contributed by atoms with Gasteiger partial charge in [-0.05, 0) is 0 Å². The molecule has 0 saturated heterocycles. The van der Waals surface area contributed by atoms with Crippen LogP contribution in [0.4, 0.5) is 0 Å². The molecule has 0 aliphatic carbocycles. The van der Waals surface area contributed by atoms with Crippen molar-refractivity contribution < 1.29 is 17.9 Å². The minimum Gasteiger partial charge on any atom is -0.465 e. The van der Waals surface area contributed by atoms with Crippen LogP contribution in [0.15, 0.2) is 0 Å². The summed E-state index contributed by atoms with van der Waals surface area (Å²) in [5.74, 6) is -0.540. The second-order valence-corrected chi connectivity index (χ2v) is 2.51. The minimum absolute atomic E-state index is 0.0337. The molecule has 0 aliphatic rings. The lowest BCUT2D eigenvalue weighted by Gasteiger charge is -1.93. The lowest BCUT2D eigenvalue weighted by molar-refractivity contribution is -0.140. The van der Waals surface area contributed by atoms with Crippen molar-refractivity contribution in [1.29, 1.82) is 0 Å². The third-order valence-electron chi connectivity index (χ3n) is 0.579. The van der Waals surface area contributed by atoms with E-state index in [9.17, 15) is 13.2 Å². The average molecular weight is 152 g/mol. The summed E-state index contributed by atoms with van der Waals surface area (Å²) in [5.41, 5.74) is 0. The van der Waals surface area contributed by atoms with Crippen LogP contribution in [0.1, 0.15) is 6.92 Å². The van der Waals surface area contributed by atoms with Crippen LogP contribution in [-0.2, 0) is 20.2 Å². The Hall–Kier alpha value is -0.580. The predicted octanol–water partition coefficient (Wildman–Crippen LogP) is -0.839. The molecule has 0 N–H and O–H groups in total. The lowest BCUT2D eigenvalue weighted by Crippen LogP contribution is -2.04. The molecule has 5 heteroatoms. The van der Waals surface area contributed by atoms with E-state index >= 15 is 0 Å². The number of thiol groups is 1. The van der Waals surface area contributed by atoms with Crippen LogP contribution in [-0.4, -0.2) is 26.7 Å². The Morgan fingerprint density at radius 1 is 1.56 bits per heavy atom. The molecule has 0 aromatic heterocycles. The summed E-state index contributed by atoms with van der Waals surface area (Å²) in [6.07, 6.45) is 0. The van der Waals surface area contributed by atoms with Crippen molar-refractivity contribution in [3.63, 3.8) is 0 Å². The standard InChI is InChI=1S/C4H8O4S/c1-4(5)8-2-3-9(6)7/h9H,2-3H2,1H3. The van der Waals surface area contributed by atoms with Crippen LogP contribution < -0.4 is 0 Å². The quantitative estimate of drug-likeness (QED) is 0.423. The summed E-state index contributed by atoms with van der Waals surface area (Å²) in [4.78, 5) is 10.0. The van der Waals surface area contributed by atoms with Crippen LogP contribution in [0.2, 0.25) is 0 Å². The van der Waals surface area contributed by atoms with Gasteiger partial charge in [-0.2, -0.15) is 0 Å². The minimum atomic E-state index is -2.41. The molecule has 0 heterocycles. The number of rotatable bonds is 3. The number of hydrogen-bond donors (Lipinski definition) is 1. The van der Waals surface area contributed by atoms with E-state index < -0.39 is 16.7 Å². The highest BCUT2D eigenvalue weighted by Crippen LogP contribution is 1.75. The first-order valence-corrected chi connectivity index (χ1v) is 3.74. The van der Waals surface area contributed by atoms with Crippen LogP contribution in [0.25, 0.3) is 0 Å². The average Bonchev–Trinajstić information content (AvgIpc) is 1.63. The third kappa shape index (κ3) is 7.42. The van der Waals surface area contributed by atoms with Gasteiger partial charge in [0, 0.05) is 6.92 Å². The van der Waals surface area contributed by atoms with E-state index in [2.05, 4.69) is 4.74 Å². The van der Waals surface area contributed by atoms with E-state index in [0.29, 0.717) is 0 Å². The van der Waals surface area contributed by atoms with Gasteiger partial charge in [-0.1, -0.05) is 0 Å². The molecule has 0 aromatic carbocycles. The number of esters is 1. The SMILES string of the molecule is CC(=O)OCC[SH](=O)=O. The highest BCUT2D eigenvalue weighted by Gasteiger charge is 1.91. The Kier molecular flexibility index (Phi) is 4.04. The first-order chi connectivity index (χ1) is 4.13. The van der Waals surface area contributed by atoms with Crippen molar-refractivity contribution in [3.05, 3.63) is 0 Å². The van der Waals surface area contributed by atoms with Crippen LogP contribution >= 0.6 is 0 Å². The van der Waals surface area contributed by atoms with Gasteiger partial charge in [0.05, 0.1) is 5.75 Å². The zero-order chi connectivity index (χ0) is 7.28. The molecule has 0 fully saturated rings. The van der Waals surface area contributed by atoms with E-state index in [4.69, 9.17) is 0 Å². The van der Waals surface area contributed by atoms with E-state index in [1.165, 1.54) is 6.92 Å². The summed E-state index contributed by atoms with van der Waals surface area (Å²) >= 11 is 0. The third-order valence-corrected chi connectivity index (χ3v) is 1.13. The topological polar surface area (TPSA) is 60.4 Å². The van der Waals surface area contributed by atoms with Crippen molar-refractivity contribution >= 4 is 16.7 Å². The fourth-order valence-corrected chi connectivity index (χ4v) is 0.504. The Morgan fingerprint density at radius 3 is 2.44 bits per heavy atom. The van der Waals surface area contributed by atoms with Crippen LogP contribution in [0, 0.1) is 0 Å². The zero-order valence-electron chi connectivity index (χ0n) is 4.99. The van der Waals surface area contributed by atoms with Gasteiger partial charge in [-0.3, -0.25) is 4.79 Å². The molecule has 0 aromatic rings. The smallest absolute Gasteiger partial charge is 0.302 e. The van der Waals surface area contributed by atoms with E-state index in [1.54, 1.807) is 0 Å². The first-order valence-electron chi connectivity index (χ1n) is 2.38. The first kappa shape index (κ1) is 8.42. The summed E-state index contributed by atoms with van der Waals surface area (Å²) in [7, 11) is -2.41. The fraction of sp³-hybridized carbons (Fsp3) is 0.750. The second kappa shape index (κ2) is 4.31. The van der Waals surface area contributed by atoms with Gasteiger partial charge >= 0.3 is 5.97 Å². The molecule has 0 aliphatic heterocycles. The van der Waals surface area contributed by atoms with Gasteiger partial charge in [-0.15, -0.1) is 0 Å². The van der Waals surface area contributed by atoms with Crippen molar-refractivity contribution in [2.75, 3.05) is 12.4 Å². The molecule has 0 rings (SSSR count). The summed E-state index contributed by atoms with van der Waals surface area (Å²) < 4.78 is 24.0. The monoisotopic (exact) mass is 152 g/mol. The van der Waals surface area contributed by atoms with Crippen molar-refractivity contribution in [2.45, 2.75) is 6.92 Å². The van der Waals surface area contributed by atoms with E-state index in [0.717, 1.165) is 0 Å². The molecule has 54 valence electrons. The number of carbonyl (C=O) groups is 1. The molecule has 0 radical (unpaired) electrons. The van der Waals surface area contributed by atoms with Gasteiger partial charge < -0.3 is 4.74 Å². The number of carbonyl (C=O) groups excluding carboxylic acids is 1. The van der Waals surface area contributed by atoms with Gasteiger partial charge in [0.1, 0.15) is 17.3 Å². The molecule has 0 unspecified atom stereocenters. The normalized spacial score (nSPS) is 9.56. The van der Waals surface area contributed by atoms with Gasteiger partial charge in [0.15, 0.2) is 0 Å². The molecule has 9 heavy (non-hydrogen) atoms. The Morgan fingerprint density at radius 2 is 2.11 bits per heavy atom. The Balaban J connectivity index is 3.21. The lowest BCUT2D eigenvalue weighted by atomic mass is 10.8. The molecular weight excluding hydrogens is 144 g/mol. The van der Waals surface area contributed by atoms with Crippen molar-refractivity contribution in [2.24, 2.45) is 0 Å². The molecule has 4 nitrogen and oxygen atoms in total. The Labute approximate surface area is 54.8 Å². The molecule has 0 amide bonds. The van der Waals surface area contributed by atoms with Gasteiger partial charge in [0.25, 0.3) is 0 Å². The highest BCUT2D eigenvalue weighted by molar-refractivity contribution is 7.72. The van der Waals surface area contributed by atoms with E-state index in [1.807, 2.05) is 0 Å². The number of ether oxygens (including phenoxy) is 1. The molecule has 0 saturated carbocycles. The predicted molar refractivity (Wildman–Crippen MR) is 31.8 cm³/mol. The molecule has 0 bridgehead atoms. The largest absolute Gasteiger partial charge is 0.465 e.